The molecule has 7 heteroatoms. The highest BCUT2D eigenvalue weighted by atomic mass is 19.1. The van der Waals surface area contributed by atoms with Gasteiger partial charge in [0.2, 0.25) is 5.91 Å². The number of nitrogens with zero attached hydrogens (tertiary/aromatic N) is 2. The van der Waals surface area contributed by atoms with Crippen LogP contribution in [0.1, 0.15) is 22.8 Å². The van der Waals surface area contributed by atoms with Crippen molar-refractivity contribution in [1.29, 1.82) is 0 Å². The van der Waals surface area contributed by atoms with Gasteiger partial charge in [-0.2, -0.15) is 0 Å². The molecule has 124 valence electrons. The van der Waals surface area contributed by atoms with E-state index < -0.39 is 23.7 Å². The summed E-state index contributed by atoms with van der Waals surface area (Å²) in [4.78, 5) is 30.3. The second-order valence-electron chi connectivity index (χ2n) is 6.39. The first kappa shape index (κ1) is 14.9. The minimum atomic E-state index is -0.597. The second kappa shape index (κ2) is 5.15. The van der Waals surface area contributed by atoms with Crippen molar-refractivity contribution in [3.05, 3.63) is 41.7 Å². The van der Waals surface area contributed by atoms with Crippen molar-refractivity contribution in [2.75, 3.05) is 6.54 Å². The summed E-state index contributed by atoms with van der Waals surface area (Å²) in [5.41, 5.74) is 5.99. The standard InChI is InChI=1S/C17H16FN3O3/c1-8-20-13(15(24-8)9-3-2-4-11(18)5-9)17(23)21-7-10-6-12(10)14(21)16(19)22/h2-5,10,12,14H,6-7H2,1H3,(H2,19,22)/t10-,12-,14-/m0/s1. The number of fused-ring (bicyclic) bond motifs is 1. The molecule has 1 aliphatic heterocycles. The van der Waals surface area contributed by atoms with Gasteiger partial charge < -0.3 is 15.1 Å². The molecule has 1 saturated carbocycles. The summed E-state index contributed by atoms with van der Waals surface area (Å²) in [5.74, 6) is -0.340. The Morgan fingerprint density at radius 1 is 1.42 bits per heavy atom. The number of likely N-dealkylation sites (tertiary alicyclic amines) is 1. The highest BCUT2D eigenvalue weighted by molar-refractivity contribution is 6.00. The first-order valence-electron chi connectivity index (χ1n) is 7.79. The second-order valence-corrected chi connectivity index (χ2v) is 6.39. The molecule has 2 aromatic rings. The van der Waals surface area contributed by atoms with Crippen LogP contribution in [0.3, 0.4) is 0 Å². The Morgan fingerprint density at radius 3 is 2.92 bits per heavy atom. The van der Waals surface area contributed by atoms with Crippen molar-refractivity contribution in [3.63, 3.8) is 0 Å². The van der Waals surface area contributed by atoms with Crippen molar-refractivity contribution in [2.24, 2.45) is 17.6 Å². The number of amides is 2. The number of oxazole rings is 1. The van der Waals surface area contributed by atoms with Crippen LogP contribution in [0.4, 0.5) is 4.39 Å². The fraction of sp³-hybridized carbons (Fsp3) is 0.353. The molecule has 2 amide bonds. The number of halogens is 1. The molecule has 1 aromatic carbocycles. The molecule has 0 radical (unpaired) electrons. The zero-order valence-electron chi connectivity index (χ0n) is 13.0. The average Bonchev–Trinajstić information content (AvgIpc) is 3.01. The maximum atomic E-state index is 13.5. The molecular weight excluding hydrogens is 313 g/mol. The van der Waals surface area contributed by atoms with Gasteiger partial charge >= 0.3 is 0 Å². The maximum Gasteiger partial charge on any atom is 0.277 e. The van der Waals surface area contributed by atoms with Crippen LogP contribution in [0, 0.1) is 24.6 Å². The highest BCUT2D eigenvalue weighted by Gasteiger charge is 2.56. The number of carbonyl (C=O) groups is 2. The van der Waals surface area contributed by atoms with Crippen LogP contribution in [0.15, 0.2) is 28.7 Å². The molecule has 3 atom stereocenters. The smallest absolute Gasteiger partial charge is 0.277 e. The molecule has 1 aromatic heterocycles. The number of carbonyl (C=O) groups excluding carboxylic acids is 2. The first-order valence-corrected chi connectivity index (χ1v) is 7.79. The minimum absolute atomic E-state index is 0.0886. The number of hydrogen-bond donors (Lipinski definition) is 1. The van der Waals surface area contributed by atoms with Crippen LogP contribution in [-0.2, 0) is 4.79 Å². The Kier molecular flexibility index (Phi) is 3.19. The van der Waals surface area contributed by atoms with E-state index in [0.29, 0.717) is 23.9 Å². The van der Waals surface area contributed by atoms with Crippen molar-refractivity contribution >= 4 is 11.8 Å². The zero-order valence-corrected chi connectivity index (χ0v) is 13.0. The van der Waals surface area contributed by atoms with Gasteiger partial charge in [-0.1, -0.05) is 12.1 Å². The molecular formula is C17H16FN3O3. The normalized spacial score (nSPS) is 24.8. The maximum absolute atomic E-state index is 13.5. The van der Waals surface area contributed by atoms with Gasteiger partial charge in [-0.05, 0) is 30.4 Å². The van der Waals surface area contributed by atoms with Crippen LogP contribution < -0.4 is 5.73 Å². The summed E-state index contributed by atoms with van der Waals surface area (Å²) < 4.78 is 19.0. The van der Waals surface area contributed by atoms with E-state index in [9.17, 15) is 14.0 Å². The minimum Gasteiger partial charge on any atom is -0.440 e. The van der Waals surface area contributed by atoms with Gasteiger partial charge in [0, 0.05) is 19.0 Å². The average molecular weight is 329 g/mol. The van der Waals surface area contributed by atoms with Gasteiger partial charge in [0.05, 0.1) is 0 Å². The summed E-state index contributed by atoms with van der Waals surface area (Å²) in [6.45, 7) is 2.11. The summed E-state index contributed by atoms with van der Waals surface area (Å²) in [7, 11) is 0. The first-order chi connectivity index (χ1) is 11.5. The number of hydrogen-bond acceptors (Lipinski definition) is 4. The van der Waals surface area contributed by atoms with Crippen molar-refractivity contribution < 1.29 is 18.4 Å². The predicted molar refractivity (Wildman–Crippen MR) is 82.2 cm³/mol. The largest absolute Gasteiger partial charge is 0.440 e. The number of aromatic nitrogens is 1. The zero-order chi connectivity index (χ0) is 17.0. The summed E-state index contributed by atoms with van der Waals surface area (Å²) >= 11 is 0. The monoisotopic (exact) mass is 329 g/mol. The van der Waals surface area contributed by atoms with E-state index in [1.165, 1.54) is 23.1 Å². The predicted octanol–water partition coefficient (Wildman–Crippen LogP) is 1.73. The van der Waals surface area contributed by atoms with E-state index in [1.807, 2.05) is 0 Å². The molecule has 0 bridgehead atoms. The van der Waals surface area contributed by atoms with Gasteiger partial charge in [-0.3, -0.25) is 9.59 Å². The van der Waals surface area contributed by atoms with Gasteiger partial charge in [0.25, 0.3) is 5.91 Å². The molecule has 1 aliphatic carbocycles. The van der Waals surface area contributed by atoms with Crippen LogP contribution in [0.25, 0.3) is 11.3 Å². The fourth-order valence-corrected chi connectivity index (χ4v) is 3.57. The van der Waals surface area contributed by atoms with Gasteiger partial charge in [-0.25, -0.2) is 9.37 Å². The third-order valence-corrected chi connectivity index (χ3v) is 4.73. The lowest BCUT2D eigenvalue weighted by atomic mass is 10.1. The molecule has 0 spiro atoms. The number of nitrogens with two attached hydrogens (primary N) is 1. The van der Waals surface area contributed by atoms with E-state index in [-0.39, 0.29) is 17.4 Å². The SMILES string of the molecule is Cc1nc(C(=O)N2C[C@@H]3C[C@@H]3[C@H]2C(N)=O)c(-c2cccc(F)c2)o1. The van der Waals surface area contributed by atoms with E-state index in [2.05, 4.69) is 4.98 Å². The number of piperidine rings is 1. The fourth-order valence-electron chi connectivity index (χ4n) is 3.57. The molecule has 6 nitrogen and oxygen atoms in total. The Bertz CT molecular complexity index is 847. The molecule has 2 N–H and O–H groups in total. The van der Waals surface area contributed by atoms with Crippen LogP contribution in [0.2, 0.25) is 0 Å². The number of primary amides is 1. The van der Waals surface area contributed by atoms with Gasteiger partial charge in [-0.15, -0.1) is 0 Å². The third-order valence-electron chi connectivity index (χ3n) is 4.73. The summed E-state index contributed by atoms with van der Waals surface area (Å²) in [6.07, 6.45) is 0.923. The Hall–Kier alpha value is -2.70. The number of benzene rings is 1. The quantitative estimate of drug-likeness (QED) is 0.929. The number of aryl methyl sites for hydroxylation is 1. The van der Waals surface area contributed by atoms with E-state index in [4.69, 9.17) is 10.2 Å². The molecule has 24 heavy (non-hydrogen) atoms. The molecule has 2 fully saturated rings. The molecule has 2 heterocycles. The lowest BCUT2D eigenvalue weighted by molar-refractivity contribution is -0.122. The van der Waals surface area contributed by atoms with Gasteiger partial charge in [0.1, 0.15) is 11.9 Å². The Balaban J connectivity index is 1.72. The molecule has 0 unspecified atom stereocenters. The molecule has 2 aliphatic rings. The van der Waals surface area contributed by atoms with Gasteiger partial charge in [0.15, 0.2) is 17.3 Å². The van der Waals surface area contributed by atoms with Crippen molar-refractivity contribution in [3.8, 4) is 11.3 Å². The third kappa shape index (κ3) is 2.28. The number of rotatable bonds is 3. The molecule has 1 saturated heterocycles. The topological polar surface area (TPSA) is 89.4 Å². The van der Waals surface area contributed by atoms with Crippen LogP contribution in [0.5, 0.6) is 0 Å². The van der Waals surface area contributed by atoms with Crippen molar-refractivity contribution in [2.45, 2.75) is 19.4 Å². The van der Waals surface area contributed by atoms with Crippen LogP contribution >= 0.6 is 0 Å². The van der Waals surface area contributed by atoms with Crippen molar-refractivity contribution in [1.82, 2.24) is 9.88 Å². The lowest BCUT2D eigenvalue weighted by Gasteiger charge is -2.24. The lowest BCUT2D eigenvalue weighted by Crippen LogP contribution is -2.46. The summed E-state index contributed by atoms with van der Waals surface area (Å²) in [6, 6.07) is 5.18. The summed E-state index contributed by atoms with van der Waals surface area (Å²) in [5, 5.41) is 0. The van der Waals surface area contributed by atoms with E-state index >= 15 is 0 Å². The van der Waals surface area contributed by atoms with E-state index in [0.717, 1.165) is 6.42 Å². The Labute approximate surface area is 137 Å². The highest BCUT2D eigenvalue weighted by Crippen LogP contribution is 2.50. The van der Waals surface area contributed by atoms with Crippen LogP contribution in [-0.4, -0.2) is 34.3 Å². The molecule has 4 rings (SSSR count). The van der Waals surface area contributed by atoms with E-state index in [1.54, 1.807) is 13.0 Å². The Morgan fingerprint density at radius 2 is 2.21 bits per heavy atom.